The maximum absolute atomic E-state index is 4.56. The minimum Gasteiger partial charge on any atom is -0.437 e. The van der Waals surface area contributed by atoms with Crippen LogP contribution in [0.3, 0.4) is 0 Å². The molecule has 0 atom stereocenters. The zero-order valence-corrected chi connectivity index (χ0v) is 3.90. The zero-order valence-electron chi connectivity index (χ0n) is 3.09. The fourth-order valence-electron chi connectivity index (χ4n) is 0.0556. The second kappa shape index (κ2) is 5.40. The fraction of sp³-hybridized carbons (Fsp3) is 1.00. The van der Waals surface area contributed by atoms with Crippen LogP contribution in [0.4, 0.5) is 0 Å². The maximum atomic E-state index is 4.56. The molecule has 6 heavy (non-hydrogen) atoms. The molecule has 30 valence electrons. The van der Waals surface area contributed by atoms with Gasteiger partial charge in [0.2, 0.25) is 0 Å². The van der Waals surface area contributed by atoms with Crippen molar-refractivity contribution in [2.75, 3.05) is 5.94 Å². The van der Waals surface area contributed by atoms with E-state index in [0.29, 0.717) is 0 Å². The standard InChI is InChI=1S/CH2B2O2S/c2-4-1-6-5-3/h1H2. The van der Waals surface area contributed by atoms with Crippen LogP contribution < -0.4 is 0 Å². The van der Waals surface area contributed by atoms with Crippen molar-refractivity contribution in [3.8, 4) is 0 Å². The van der Waals surface area contributed by atoms with Gasteiger partial charge in [-0.05, 0) is 12.0 Å². The van der Waals surface area contributed by atoms with Gasteiger partial charge in [-0.2, -0.15) is 0 Å². The van der Waals surface area contributed by atoms with Gasteiger partial charge >= 0.3 is 8.05 Å². The molecule has 0 heterocycles. The summed E-state index contributed by atoms with van der Waals surface area (Å²) in [6, 6.07) is 0. The van der Waals surface area contributed by atoms with Gasteiger partial charge in [0, 0.05) is 0 Å². The van der Waals surface area contributed by atoms with Crippen LogP contribution in [0.25, 0.3) is 0 Å². The van der Waals surface area contributed by atoms with Crippen molar-refractivity contribution >= 4 is 28.1 Å². The number of hydrogen-bond donors (Lipinski definition) is 0. The van der Waals surface area contributed by atoms with Crippen molar-refractivity contribution in [3.63, 3.8) is 0 Å². The van der Waals surface area contributed by atoms with Crippen LogP contribution in [0.5, 0.6) is 0 Å². The van der Waals surface area contributed by atoms with E-state index in [1.165, 1.54) is 0 Å². The Kier molecular flexibility index (Phi) is 5.76. The summed E-state index contributed by atoms with van der Waals surface area (Å²) in [5, 5.41) is 0. The highest BCUT2D eigenvalue weighted by atomic mass is 32.2. The first-order valence-corrected chi connectivity index (χ1v) is 2.13. The third kappa shape index (κ3) is 4.40. The van der Waals surface area contributed by atoms with Gasteiger partial charge in [-0.15, -0.1) is 0 Å². The topological polar surface area (TPSA) is 18.5 Å². The molecule has 0 amide bonds. The molecule has 0 saturated carbocycles. The van der Waals surface area contributed by atoms with Crippen molar-refractivity contribution in [2.45, 2.75) is 0 Å². The molecule has 0 aromatic rings. The van der Waals surface area contributed by atoms with Crippen LogP contribution in [-0.2, 0) is 8.75 Å². The molecule has 0 aromatic heterocycles. The van der Waals surface area contributed by atoms with Crippen molar-refractivity contribution in [3.05, 3.63) is 0 Å². The highest BCUT2D eigenvalue weighted by Crippen LogP contribution is 1.94. The van der Waals surface area contributed by atoms with Crippen molar-refractivity contribution < 1.29 is 8.75 Å². The molecule has 5 heteroatoms. The van der Waals surface area contributed by atoms with E-state index in [1.807, 2.05) is 0 Å². The Morgan fingerprint density at radius 2 is 2.17 bits per heavy atom. The molecule has 0 aliphatic heterocycles. The lowest BCUT2D eigenvalue weighted by molar-refractivity contribution is 0.427. The van der Waals surface area contributed by atoms with Gasteiger partial charge in [-0.3, -0.25) is 0 Å². The maximum Gasteiger partial charge on any atom is 0.305 e. The summed E-state index contributed by atoms with van der Waals surface area (Å²) in [5.74, 6) is 0.260. The van der Waals surface area contributed by atoms with Crippen molar-refractivity contribution in [2.24, 2.45) is 0 Å². The van der Waals surface area contributed by atoms with Gasteiger partial charge in [0.1, 0.15) is 0 Å². The first-order valence-electron chi connectivity index (χ1n) is 1.22. The van der Waals surface area contributed by atoms with E-state index in [2.05, 4.69) is 24.9 Å². The van der Waals surface area contributed by atoms with Gasteiger partial charge in [0.05, 0.1) is 5.94 Å². The van der Waals surface area contributed by atoms with Crippen LogP contribution in [-0.4, -0.2) is 22.0 Å². The molecule has 0 unspecified atom stereocenters. The first kappa shape index (κ1) is 6.40. The van der Waals surface area contributed by atoms with Crippen molar-refractivity contribution in [1.29, 1.82) is 0 Å². The number of hydrogen-bond acceptors (Lipinski definition) is 3. The molecular weight excluding hydrogens is 97.7 g/mol. The molecule has 0 aliphatic carbocycles. The smallest absolute Gasteiger partial charge is 0.305 e. The highest BCUT2D eigenvalue weighted by Gasteiger charge is 1.74. The zero-order chi connectivity index (χ0) is 4.83. The molecule has 0 aliphatic rings. The quantitative estimate of drug-likeness (QED) is 0.211. The Hall–Kier alpha value is 0.400. The second-order valence-electron chi connectivity index (χ2n) is 0.499. The largest absolute Gasteiger partial charge is 0.437 e. The summed E-state index contributed by atoms with van der Waals surface area (Å²) in [5.41, 5.74) is 0. The Bertz CT molecular complexity index is 23.5. The van der Waals surface area contributed by atoms with Crippen LogP contribution in [0, 0.1) is 0 Å². The van der Waals surface area contributed by atoms with Crippen LogP contribution >= 0.6 is 12.0 Å². The third-order valence-corrected chi connectivity index (χ3v) is 0.553. The van der Waals surface area contributed by atoms with Crippen LogP contribution in [0.2, 0.25) is 0 Å². The van der Waals surface area contributed by atoms with Gasteiger partial charge in [0.15, 0.2) is 0 Å². The minimum atomic E-state index is 0.260. The SMILES string of the molecule is [B]OCSO[B]. The van der Waals surface area contributed by atoms with Crippen LogP contribution in [0.15, 0.2) is 0 Å². The predicted octanol–water partition coefficient (Wildman–Crippen LogP) is -0.208. The molecule has 4 radical (unpaired) electrons. The van der Waals surface area contributed by atoms with Gasteiger partial charge in [-0.25, -0.2) is 0 Å². The monoisotopic (exact) mass is 100.0 g/mol. The molecule has 0 fully saturated rings. The van der Waals surface area contributed by atoms with E-state index in [1.54, 1.807) is 0 Å². The summed E-state index contributed by atoms with van der Waals surface area (Å²) in [4.78, 5) is 0. The van der Waals surface area contributed by atoms with Gasteiger partial charge in [0.25, 0.3) is 8.05 Å². The normalized spacial score (nSPS) is 8.67. The lowest BCUT2D eigenvalue weighted by Gasteiger charge is -1.91. The second-order valence-corrected chi connectivity index (χ2v) is 1.16. The molecule has 0 rings (SSSR count). The highest BCUT2D eigenvalue weighted by molar-refractivity contribution is 7.95. The van der Waals surface area contributed by atoms with Crippen molar-refractivity contribution in [1.82, 2.24) is 0 Å². The third-order valence-electron chi connectivity index (χ3n) is 0.184. The minimum absolute atomic E-state index is 0.260. The Morgan fingerprint density at radius 3 is 2.33 bits per heavy atom. The molecule has 0 saturated heterocycles. The number of rotatable bonds is 3. The lowest BCUT2D eigenvalue weighted by Crippen LogP contribution is -1.82. The molecule has 2 nitrogen and oxygen atoms in total. The Balaban J connectivity index is 2.34. The fourth-order valence-corrected chi connectivity index (χ4v) is 0.167. The van der Waals surface area contributed by atoms with Crippen LogP contribution in [0.1, 0.15) is 0 Å². The van der Waals surface area contributed by atoms with Gasteiger partial charge in [-0.1, -0.05) is 0 Å². The van der Waals surface area contributed by atoms with E-state index >= 15 is 0 Å². The van der Waals surface area contributed by atoms with E-state index < -0.39 is 0 Å². The molecule has 0 spiro atoms. The summed E-state index contributed by atoms with van der Waals surface area (Å²) in [6.07, 6.45) is 0. The average Bonchev–Trinajstić information content (AvgIpc) is 1.61. The summed E-state index contributed by atoms with van der Waals surface area (Å²) < 4.78 is 8.03. The molecule has 0 N–H and O–H groups in total. The van der Waals surface area contributed by atoms with E-state index in [0.717, 1.165) is 12.0 Å². The molecule has 0 aromatic carbocycles. The van der Waals surface area contributed by atoms with Gasteiger partial charge < -0.3 is 8.75 Å². The summed E-state index contributed by atoms with van der Waals surface area (Å²) in [6.45, 7) is 0. The Morgan fingerprint density at radius 1 is 1.50 bits per heavy atom. The molecule has 0 bridgehead atoms. The van der Waals surface area contributed by atoms with E-state index in [4.69, 9.17) is 0 Å². The lowest BCUT2D eigenvalue weighted by atomic mass is 10.6. The Labute approximate surface area is 43.7 Å². The molecular formula is CH2B2O2S. The summed E-state index contributed by atoms with van der Waals surface area (Å²) in [7, 11) is 9.10. The summed E-state index contributed by atoms with van der Waals surface area (Å²) >= 11 is 0.939. The predicted molar refractivity (Wildman–Crippen MR) is 26.1 cm³/mol. The first-order chi connectivity index (χ1) is 2.91. The van der Waals surface area contributed by atoms with E-state index in [-0.39, 0.29) is 5.94 Å². The average molecular weight is 99.7 g/mol. The van der Waals surface area contributed by atoms with E-state index in [9.17, 15) is 0 Å².